The molecule has 6 rings (SSSR count). The first-order valence-corrected chi connectivity index (χ1v) is 13.9. The molecule has 0 atom stereocenters. The van der Waals surface area contributed by atoms with Gasteiger partial charge in [-0.2, -0.15) is 0 Å². The van der Waals surface area contributed by atoms with Gasteiger partial charge in [-0.25, -0.2) is 13.8 Å². The van der Waals surface area contributed by atoms with E-state index in [1.165, 1.54) is 43.5 Å². The molecule has 0 unspecified atom stereocenters. The predicted octanol–water partition coefficient (Wildman–Crippen LogP) is 3.34. The van der Waals surface area contributed by atoms with E-state index in [1.54, 1.807) is 6.07 Å². The lowest BCUT2D eigenvalue weighted by Crippen LogP contribution is -2.44. The number of halogens is 2. The van der Waals surface area contributed by atoms with Gasteiger partial charge in [0.05, 0.1) is 33.5 Å². The van der Waals surface area contributed by atoms with E-state index < -0.39 is 23.1 Å². The summed E-state index contributed by atoms with van der Waals surface area (Å²) in [4.78, 5) is 39.3. The van der Waals surface area contributed by atoms with Crippen LogP contribution in [0, 0.1) is 11.6 Å². The molecule has 0 radical (unpaired) electrons. The minimum atomic E-state index is -0.528. The van der Waals surface area contributed by atoms with E-state index in [4.69, 9.17) is 0 Å². The molecule has 0 bridgehead atoms. The molecule has 3 aliphatic rings. The van der Waals surface area contributed by atoms with E-state index in [2.05, 4.69) is 30.4 Å². The highest BCUT2D eigenvalue weighted by Crippen LogP contribution is 2.37. The van der Waals surface area contributed by atoms with E-state index in [1.807, 2.05) is 11.9 Å². The predicted molar refractivity (Wildman–Crippen MR) is 154 cm³/mol. The number of aromatic nitrogens is 2. The summed E-state index contributed by atoms with van der Waals surface area (Å²) in [6.45, 7) is 6.52. The summed E-state index contributed by atoms with van der Waals surface area (Å²) in [5, 5.41) is 6.05. The van der Waals surface area contributed by atoms with Crippen LogP contribution < -0.4 is 21.1 Å². The minimum Gasteiger partial charge on any atom is -0.381 e. The number of piperazine rings is 1. The first-order chi connectivity index (χ1) is 19.4. The van der Waals surface area contributed by atoms with Gasteiger partial charge < -0.3 is 30.3 Å². The SMILES string of the molecule is CN1CCN(c2cc3c(cc2F)/C(=C/c2nc4cc(NCCN5CCCCC5)c(F)cc4c(=O)[nH]2)C(=O)N3)CC1. The maximum Gasteiger partial charge on any atom is 0.259 e. The Balaban J connectivity index is 1.26. The van der Waals surface area contributed by atoms with Gasteiger partial charge in [-0.3, -0.25) is 9.59 Å². The van der Waals surface area contributed by atoms with Crippen molar-refractivity contribution in [1.29, 1.82) is 0 Å². The number of likely N-dealkylation sites (N-methyl/N-ethyl adjacent to an activating group) is 1. The van der Waals surface area contributed by atoms with Crippen molar-refractivity contribution < 1.29 is 13.6 Å². The topological polar surface area (TPSA) is 96.6 Å². The van der Waals surface area contributed by atoms with Crippen molar-refractivity contribution in [2.45, 2.75) is 19.3 Å². The molecule has 2 fully saturated rings. The number of hydrogen-bond acceptors (Lipinski definition) is 7. The molecule has 4 heterocycles. The summed E-state index contributed by atoms with van der Waals surface area (Å²) < 4.78 is 30.0. The number of H-pyrrole nitrogens is 1. The average molecular weight is 550 g/mol. The first kappa shape index (κ1) is 26.4. The summed E-state index contributed by atoms with van der Waals surface area (Å²) in [5.74, 6) is -1.22. The number of nitrogens with zero attached hydrogens (tertiary/aromatic N) is 4. The molecule has 0 spiro atoms. The highest BCUT2D eigenvalue weighted by Gasteiger charge is 2.28. The van der Waals surface area contributed by atoms with Gasteiger partial charge in [0.25, 0.3) is 11.5 Å². The zero-order valence-electron chi connectivity index (χ0n) is 22.5. The molecular formula is C29H33F2N7O2. The summed E-state index contributed by atoms with van der Waals surface area (Å²) in [5.41, 5.74) is 1.61. The lowest BCUT2D eigenvalue weighted by Gasteiger charge is -2.34. The van der Waals surface area contributed by atoms with Crippen molar-refractivity contribution in [3.05, 3.63) is 57.6 Å². The third kappa shape index (κ3) is 5.31. The van der Waals surface area contributed by atoms with Gasteiger partial charge in [-0.1, -0.05) is 6.42 Å². The fraction of sp³-hybridized carbons (Fsp3) is 0.414. The zero-order valence-corrected chi connectivity index (χ0v) is 22.5. The molecule has 0 aliphatic carbocycles. The van der Waals surface area contributed by atoms with Crippen LogP contribution in [0.1, 0.15) is 30.7 Å². The number of carbonyl (C=O) groups excluding carboxylic acids is 1. The maximum atomic E-state index is 15.2. The number of hydrogen-bond donors (Lipinski definition) is 3. The molecule has 3 aliphatic heterocycles. The molecule has 2 saturated heterocycles. The van der Waals surface area contributed by atoms with Crippen LogP contribution in [-0.4, -0.2) is 85.1 Å². The van der Waals surface area contributed by atoms with Gasteiger partial charge in [0.1, 0.15) is 17.5 Å². The second-order valence-corrected chi connectivity index (χ2v) is 10.8. The molecule has 3 N–H and O–H groups in total. The maximum absolute atomic E-state index is 15.2. The number of rotatable bonds is 6. The Morgan fingerprint density at radius 3 is 2.52 bits per heavy atom. The lowest BCUT2D eigenvalue weighted by atomic mass is 10.0. The van der Waals surface area contributed by atoms with E-state index in [0.717, 1.165) is 32.7 Å². The number of carbonyl (C=O) groups is 1. The van der Waals surface area contributed by atoms with E-state index in [0.29, 0.717) is 42.1 Å². The Morgan fingerprint density at radius 1 is 0.975 bits per heavy atom. The number of likely N-dealkylation sites (tertiary alicyclic amines) is 1. The van der Waals surface area contributed by atoms with Crippen LogP contribution >= 0.6 is 0 Å². The van der Waals surface area contributed by atoms with Gasteiger partial charge >= 0.3 is 0 Å². The Hall–Kier alpha value is -3.83. The van der Waals surface area contributed by atoms with Crippen molar-refractivity contribution in [2.75, 3.05) is 74.9 Å². The second kappa shape index (κ2) is 11.0. The smallest absolute Gasteiger partial charge is 0.259 e. The summed E-state index contributed by atoms with van der Waals surface area (Å²) in [7, 11) is 2.03. The Bertz CT molecular complexity index is 1540. The molecule has 0 saturated carbocycles. The van der Waals surface area contributed by atoms with Gasteiger partial charge in [-0.15, -0.1) is 0 Å². The summed E-state index contributed by atoms with van der Waals surface area (Å²) in [6, 6.07) is 5.71. The quantitative estimate of drug-likeness (QED) is 0.406. The normalized spacial score (nSPS) is 19.3. The van der Waals surface area contributed by atoms with E-state index >= 15 is 4.39 Å². The average Bonchev–Trinajstić information content (AvgIpc) is 3.23. The first-order valence-electron chi connectivity index (χ1n) is 13.9. The fourth-order valence-corrected chi connectivity index (χ4v) is 5.68. The Labute approximate surface area is 230 Å². The number of fused-ring (bicyclic) bond motifs is 2. The molecule has 11 heteroatoms. The number of piperidine rings is 1. The third-order valence-electron chi connectivity index (χ3n) is 8.00. The minimum absolute atomic E-state index is 0.111. The number of anilines is 3. The molecule has 40 heavy (non-hydrogen) atoms. The van der Waals surface area contributed by atoms with Crippen molar-refractivity contribution in [2.24, 2.45) is 0 Å². The Morgan fingerprint density at radius 2 is 1.75 bits per heavy atom. The van der Waals surface area contributed by atoms with Crippen LogP contribution in [0.15, 0.2) is 29.1 Å². The second-order valence-electron chi connectivity index (χ2n) is 10.8. The number of nitrogens with one attached hydrogen (secondary N) is 3. The number of amides is 1. The van der Waals surface area contributed by atoms with Gasteiger partial charge in [0, 0.05) is 44.8 Å². The number of benzene rings is 2. The Kier molecular flexibility index (Phi) is 7.24. The van der Waals surface area contributed by atoms with Crippen molar-refractivity contribution in [1.82, 2.24) is 19.8 Å². The molecule has 9 nitrogen and oxygen atoms in total. The molecule has 1 amide bonds. The van der Waals surface area contributed by atoms with Crippen LogP contribution in [0.5, 0.6) is 0 Å². The van der Waals surface area contributed by atoms with Crippen LogP contribution in [0.25, 0.3) is 22.6 Å². The van der Waals surface area contributed by atoms with E-state index in [9.17, 15) is 14.0 Å². The van der Waals surface area contributed by atoms with Gasteiger partial charge in [0.2, 0.25) is 0 Å². The van der Waals surface area contributed by atoms with E-state index in [-0.39, 0.29) is 22.5 Å². The summed E-state index contributed by atoms with van der Waals surface area (Å²) >= 11 is 0. The molecule has 2 aromatic carbocycles. The zero-order chi connectivity index (χ0) is 27.8. The fourth-order valence-electron chi connectivity index (χ4n) is 5.68. The highest BCUT2D eigenvalue weighted by atomic mass is 19.1. The standard InChI is InChI=1S/C29H33F2N7O2/c1-36-9-11-38(12-10-36)26-17-24-18(13-22(26)31)19(28(39)34-24)15-27-33-23-16-25(21(30)14-20(23)29(40)35-27)32-5-8-37-6-3-2-4-7-37/h13-17,32H,2-12H2,1H3,(H,34,39)(H,33,35,40)/b19-15-. The highest BCUT2D eigenvalue weighted by molar-refractivity contribution is 6.35. The number of aromatic amines is 1. The van der Waals surface area contributed by atoms with Crippen LogP contribution in [0.3, 0.4) is 0 Å². The van der Waals surface area contributed by atoms with Crippen molar-refractivity contribution >= 4 is 45.5 Å². The van der Waals surface area contributed by atoms with Crippen LogP contribution in [0.2, 0.25) is 0 Å². The molecule has 1 aromatic heterocycles. The van der Waals surface area contributed by atoms with Crippen LogP contribution in [-0.2, 0) is 4.79 Å². The van der Waals surface area contributed by atoms with Crippen LogP contribution in [0.4, 0.5) is 25.8 Å². The molecular weight excluding hydrogens is 516 g/mol. The van der Waals surface area contributed by atoms with Gasteiger partial charge in [0.15, 0.2) is 0 Å². The molecule has 210 valence electrons. The van der Waals surface area contributed by atoms with Gasteiger partial charge in [-0.05, 0) is 63.3 Å². The third-order valence-corrected chi connectivity index (χ3v) is 8.00. The van der Waals surface area contributed by atoms with Crippen molar-refractivity contribution in [3.63, 3.8) is 0 Å². The summed E-state index contributed by atoms with van der Waals surface area (Å²) in [6.07, 6.45) is 5.05. The van der Waals surface area contributed by atoms with Crippen molar-refractivity contribution in [3.8, 4) is 0 Å². The molecule has 3 aromatic rings. The largest absolute Gasteiger partial charge is 0.381 e. The lowest BCUT2D eigenvalue weighted by molar-refractivity contribution is -0.110. The monoisotopic (exact) mass is 549 g/mol.